The molecule has 0 heterocycles. The highest BCUT2D eigenvalue weighted by molar-refractivity contribution is 7.86. The van der Waals surface area contributed by atoms with Crippen molar-refractivity contribution in [3.05, 3.63) is 47.5 Å². The SMILES string of the molecule is CCCCCCCCCCCCCCCCCC(=O)OS(=O)(=O)Cc1ccc2cc(C(=N)N)ccc2c1. The summed E-state index contributed by atoms with van der Waals surface area (Å²) in [6.45, 7) is 2.25. The number of carbonyl (C=O) groups is 1. The Morgan fingerprint density at radius 1 is 0.757 bits per heavy atom. The third-order valence-corrected chi connectivity index (χ3v) is 7.89. The molecule has 0 aromatic heterocycles. The Morgan fingerprint density at radius 3 is 1.78 bits per heavy atom. The molecule has 206 valence electrons. The van der Waals surface area contributed by atoms with Crippen LogP contribution >= 0.6 is 0 Å². The summed E-state index contributed by atoms with van der Waals surface area (Å²) in [5.74, 6) is -1.06. The standard InChI is InChI=1S/C30H46N2O4S/c1-2-3-4-5-6-7-8-9-10-11-12-13-14-15-16-17-29(33)36-37(34,35)24-25-18-19-27-23-28(30(31)32)21-20-26(27)22-25/h18-23H,2-17,24H2,1H3,(H3,31,32). The third kappa shape index (κ3) is 13.1. The summed E-state index contributed by atoms with van der Waals surface area (Å²) < 4.78 is 29.5. The van der Waals surface area contributed by atoms with Crippen molar-refractivity contribution in [3.63, 3.8) is 0 Å². The first-order valence-electron chi connectivity index (χ1n) is 14.1. The molecule has 2 aromatic rings. The van der Waals surface area contributed by atoms with Gasteiger partial charge in [0.25, 0.3) is 0 Å². The Kier molecular flexibility index (Phi) is 14.3. The molecule has 37 heavy (non-hydrogen) atoms. The zero-order valence-electron chi connectivity index (χ0n) is 22.6. The van der Waals surface area contributed by atoms with Gasteiger partial charge in [-0.1, -0.05) is 127 Å². The van der Waals surface area contributed by atoms with E-state index in [0.29, 0.717) is 17.5 Å². The van der Waals surface area contributed by atoms with Crippen molar-refractivity contribution in [3.8, 4) is 0 Å². The summed E-state index contributed by atoms with van der Waals surface area (Å²) >= 11 is 0. The van der Waals surface area contributed by atoms with Gasteiger partial charge in [0.15, 0.2) is 0 Å². The van der Waals surface area contributed by atoms with E-state index < -0.39 is 16.1 Å². The molecule has 0 radical (unpaired) electrons. The average Bonchev–Trinajstić information content (AvgIpc) is 2.85. The first kappa shape index (κ1) is 30.8. The van der Waals surface area contributed by atoms with Gasteiger partial charge in [-0.3, -0.25) is 10.2 Å². The fourth-order valence-electron chi connectivity index (χ4n) is 4.61. The topological polar surface area (TPSA) is 110 Å². The van der Waals surface area contributed by atoms with E-state index in [2.05, 4.69) is 6.92 Å². The molecular formula is C30H46N2O4S. The largest absolute Gasteiger partial charge is 0.384 e. The lowest BCUT2D eigenvalue weighted by Gasteiger charge is -2.08. The minimum absolute atomic E-state index is 0.0189. The molecule has 7 heteroatoms. The van der Waals surface area contributed by atoms with Gasteiger partial charge in [-0.2, -0.15) is 8.42 Å². The van der Waals surface area contributed by atoms with Crippen LogP contribution in [0, 0.1) is 5.41 Å². The van der Waals surface area contributed by atoms with Gasteiger partial charge in [0.1, 0.15) is 11.6 Å². The van der Waals surface area contributed by atoms with Crippen LogP contribution in [0.3, 0.4) is 0 Å². The zero-order valence-corrected chi connectivity index (χ0v) is 23.4. The fourth-order valence-corrected chi connectivity index (χ4v) is 5.62. The van der Waals surface area contributed by atoms with Crippen molar-refractivity contribution in [2.45, 2.75) is 115 Å². The minimum atomic E-state index is -4.00. The molecule has 0 fully saturated rings. The Bertz CT molecular complexity index is 1080. The first-order valence-corrected chi connectivity index (χ1v) is 15.7. The molecule has 0 unspecified atom stereocenters. The molecule has 0 amide bonds. The molecule has 0 aliphatic heterocycles. The van der Waals surface area contributed by atoms with Crippen molar-refractivity contribution in [2.75, 3.05) is 0 Å². The number of fused-ring (bicyclic) bond motifs is 1. The molecule has 3 N–H and O–H groups in total. The summed E-state index contributed by atoms with van der Waals surface area (Å²) in [6, 6.07) is 10.5. The predicted octanol–water partition coefficient (Wildman–Crippen LogP) is 7.76. The maximum absolute atomic E-state index is 12.4. The van der Waals surface area contributed by atoms with Gasteiger partial charge in [-0.25, -0.2) is 0 Å². The maximum Gasteiger partial charge on any atom is 0.322 e. The molecule has 2 aromatic carbocycles. The van der Waals surface area contributed by atoms with Crippen molar-refractivity contribution in [1.82, 2.24) is 0 Å². The molecule has 0 aliphatic carbocycles. The van der Waals surface area contributed by atoms with Crippen molar-refractivity contribution < 1.29 is 17.4 Å². The number of hydrogen-bond donors (Lipinski definition) is 2. The number of nitrogens with two attached hydrogens (primary N) is 1. The lowest BCUT2D eigenvalue weighted by atomic mass is 10.0. The Morgan fingerprint density at radius 2 is 1.24 bits per heavy atom. The summed E-state index contributed by atoms with van der Waals surface area (Å²) in [5.41, 5.74) is 6.68. The van der Waals surface area contributed by atoms with Gasteiger partial charge < -0.3 is 9.92 Å². The molecule has 0 bridgehead atoms. The van der Waals surface area contributed by atoms with Crippen LogP contribution in [0.1, 0.15) is 121 Å². The van der Waals surface area contributed by atoms with Gasteiger partial charge in [-0.15, -0.1) is 0 Å². The lowest BCUT2D eigenvalue weighted by Crippen LogP contribution is -2.14. The second-order valence-electron chi connectivity index (χ2n) is 10.2. The van der Waals surface area contributed by atoms with E-state index in [4.69, 9.17) is 15.3 Å². The lowest BCUT2D eigenvalue weighted by molar-refractivity contribution is -0.133. The number of amidine groups is 1. The van der Waals surface area contributed by atoms with E-state index >= 15 is 0 Å². The van der Waals surface area contributed by atoms with Crippen molar-refractivity contribution in [2.24, 2.45) is 5.73 Å². The van der Waals surface area contributed by atoms with Crippen LogP contribution in [0.25, 0.3) is 10.8 Å². The van der Waals surface area contributed by atoms with Crippen LogP contribution in [0.4, 0.5) is 0 Å². The summed E-state index contributed by atoms with van der Waals surface area (Å²) in [7, 11) is -4.00. The smallest absolute Gasteiger partial charge is 0.322 e. The Balaban J connectivity index is 1.54. The van der Waals surface area contributed by atoms with Crippen LogP contribution in [0.2, 0.25) is 0 Å². The minimum Gasteiger partial charge on any atom is -0.384 e. The molecule has 0 atom stereocenters. The molecule has 0 saturated carbocycles. The van der Waals surface area contributed by atoms with Gasteiger partial charge in [0.2, 0.25) is 0 Å². The summed E-state index contributed by atoms with van der Waals surface area (Å²) in [5, 5.41) is 9.22. The number of carbonyl (C=O) groups excluding carboxylic acids is 1. The highest BCUT2D eigenvalue weighted by Crippen LogP contribution is 2.20. The summed E-state index contributed by atoms with van der Waals surface area (Å²) in [6.07, 6.45) is 18.7. The zero-order chi connectivity index (χ0) is 26.9. The van der Waals surface area contributed by atoms with Crippen molar-refractivity contribution >= 4 is 32.7 Å². The molecular weight excluding hydrogens is 484 g/mol. The van der Waals surface area contributed by atoms with Crippen LogP contribution in [0.15, 0.2) is 36.4 Å². The number of nitrogen functional groups attached to an aromatic ring is 1. The van der Waals surface area contributed by atoms with Gasteiger partial charge in [-0.05, 0) is 28.8 Å². The average molecular weight is 531 g/mol. The van der Waals surface area contributed by atoms with Gasteiger partial charge in [0, 0.05) is 12.0 Å². The normalized spacial score (nSPS) is 11.6. The van der Waals surface area contributed by atoms with E-state index in [0.717, 1.165) is 23.6 Å². The van der Waals surface area contributed by atoms with Crippen LogP contribution < -0.4 is 5.73 Å². The maximum atomic E-state index is 12.4. The molecule has 0 aliphatic rings. The fraction of sp³-hybridized carbons (Fsp3) is 0.600. The van der Waals surface area contributed by atoms with E-state index in [1.807, 2.05) is 0 Å². The number of hydrogen-bond acceptors (Lipinski definition) is 5. The van der Waals surface area contributed by atoms with E-state index in [9.17, 15) is 13.2 Å². The predicted molar refractivity (Wildman–Crippen MR) is 153 cm³/mol. The summed E-state index contributed by atoms with van der Waals surface area (Å²) in [4.78, 5) is 12.1. The Hall–Kier alpha value is -2.41. The number of rotatable bonds is 20. The second-order valence-corrected chi connectivity index (χ2v) is 11.7. The van der Waals surface area contributed by atoms with Crippen molar-refractivity contribution in [1.29, 1.82) is 5.41 Å². The van der Waals surface area contributed by atoms with E-state index in [-0.39, 0.29) is 18.0 Å². The van der Waals surface area contributed by atoms with Crippen LogP contribution in [0.5, 0.6) is 0 Å². The van der Waals surface area contributed by atoms with E-state index in [1.165, 1.54) is 77.0 Å². The second kappa shape index (κ2) is 17.2. The molecule has 0 spiro atoms. The van der Waals surface area contributed by atoms with Gasteiger partial charge in [0.05, 0.1) is 0 Å². The number of nitrogens with one attached hydrogen (secondary N) is 1. The molecule has 0 saturated heterocycles. The number of unbranched alkanes of at least 4 members (excludes halogenated alkanes) is 14. The third-order valence-electron chi connectivity index (χ3n) is 6.76. The van der Waals surface area contributed by atoms with Crippen LogP contribution in [-0.2, 0) is 24.8 Å². The quantitative estimate of drug-likeness (QED) is 0.0786. The first-order chi connectivity index (χ1) is 17.8. The molecule has 2 rings (SSSR count). The highest BCUT2D eigenvalue weighted by Gasteiger charge is 2.18. The Labute approximate surface area is 224 Å². The van der Waals surface area contributed by atoms with Crippen LogP contribution in [-0.4, -0.2) is 20.2 Å². The van der Waals surface area contributed by atoms with Gasteiger partial charge >= 0.3 is 16.1 Å². The molecule has 6 nitrogen and oxygen atoms in total. The number of benzene rings is 2. The van der Waals surface area contributed by atoms with E-state index in [1.54, 1.807) is 36.4 Å². The highest BCUT2D eigenvalue weighted by atomic mass is 32.2. The monoisotopic (exact) mass is 530 g/mol.